The lowest BCUT2D eigenvalue weighted by molar-refractivity contribution is -0.138. The molecule has 0 radical (unpaired) electrons. The van der Waals surface area contributed by atoms with Crippen molar-refractivity contribution in [1.82, 2.24) is 14.9 Å². The van der Waals surface area contributed by atoms with Crippen LogP contribution in [-0.2, 0) is 10.9 Å². The molecule has 1 aromatic carbocycles. The summed E-state index contributed by atoms with van der Waals surface area (Å²) in [6.45, 7) is 6.05. The average Bonchev–Trinajstić information content (AvgIpc) is 3.38. The summed E-state index contributed by atoms with van der Waals surface area (Å²) in [7, 11) is 0. The monoisotopic (exact) mass is 552 g/mol. The van der Waals surface area contributed by atoms with E-state index in [9.17, 15) is 22.4 Å². The third-order valence-corrected chi connectivity index (χ3v) is 6.47. The van der Waals surface area contributed by atoms with Gasteiger partial charge in [0.05, 0.1) is 16.1 Å². The molecule has 33 heavy (non-hydrogen) atoms. The number of halogens is 6. The summed E-state index contributed by atoms with van der Waals surface area (Å²) in [6, 6.07) is 0.619. The summed E-state index contributed by atoms with van der Waals surface area (Å²) < 4.78 is 60.4. The number of nitrogens with zero attached hydrogens (tertiary/aromatic N) is 4. The van der Waals surface area contributed by atoms with E-state index >= 15 is 0 Å². The van der Waals surface area contributed by atoms with Gasteiger partial charge in [-0.05, 0) is 73.6 Å². The van der Waals surface area contributed by atoms with Crippen LogP contribution in [0.2, 0.25) is 5.28 Å². The first-order valence-corrected chi connectivity index (χ1v) is 11.6. The van der Waals surface area contributed by atoms with Crippen molar-refractivity contribution in [2.45, 2.75) is 63.9 Å². The number of likely N-dealkylation sites (tertiary alicyclic amines) is 1. The van der Waals surface area contributed by atoms with Gasteiger partial charge in [-0.2, -0.15) is 18.2 Å². The van der Waals surface area contributed by atoms with E-state index < -0.39 is 33.7 Å². The maximum Gasteiger partial charge on any atom is 0.417 e. The zero-order valence-electron chi connectivity index (χ0n) is 18.1. The Balaban J connectivity index is 1.76. The molecular weight excluding hydrogens is 532 g/mol. The number of ether oxygens (including phenoxy) is 1. The minimum absolute atomic E-state index is 0.00352. The van der Waals surface area contributed by atoms with Crippen molar-refractivity contribution in [1.29, 1.82) is 0 Å². The fourth-order valence-electron chi connectivity index (χ4n) is 4.02. The van der Waals surface area contributed by atoms with E-state index in [1.807, 2.05) is 4.90 Å². The van der Waals surface area contributed by atoms with Gasteiger partial charge < -0.3 is 14.5 Å². The number of amides is 1. The first-order valence-electron chi connectivity index (χ1n) is 10.4. The highest BCUT2D eigenvalue weighted by molar-refractivity contribution is 9.10. The molecule has 12 heteroatoms. The molecule has 180 valence electrons. The second kappa shape index (κ2) is 8.41. The molecule has 1 saturated carbocycles. The van der Waals surface area contributed by atoms with Gasteiger partial charge in [-0.1, -0.05) is 0 Å². The summed E-state index contributed by atoms with van der Waals surface area (Å²) in [5.74, 6) is -1.01. The van der Waals surface area contributed by atoms with Crippen LogP contribution in [0.1, 0.15) is 45.6 Å². The van der Waals surface area contributed by atoms with E-state index in [1.165, 1.54) is 0 Å². The van der Waals surface area contributed by atoms with Crippen molar-refractivity contribution in [3.63, 3.8) is 0 Å². The Labute approximate surface area is 201 Å². The van der Waals surface area contributed by atoms with Crippen LogP contribution in [0.4, 0.5) is 28.2 Å². The molecule has 1 aliphatic heterocycles. The molecular formula is C21H22BrClF4N4O2. The van der Waals surface area contributed by atoms with Gasteiger partial charge in [0.1, 0.15) is 16.9 Å². The maximum absolute atomic E-state index is 14.9. The van der Waals surface area contributed by atoms with Gasteiger partial charge in [0.15, 0.2) is 5.82 Å². The molecule has 1 atom stereocenters. The molecule has 0 bridgehead atoms. The third-order valence-electron chi connectivity index (χ3n) is 5.52. The Morgan fingerprint density at radius 3 is 2.45 bits per heavy atom. The van der Waals surface area contributed by atoms with Gasteiger partial charge in [0.2, 0.25) is 5.28 Å². The Morgan fingerprint density at radius 2 is 1.88 bits per heavy atom. The average molecular weight is 554 g/mol. The zero-order chi connectivity index (χ0) is 24.3. The van der Waals surface area contributed by atoms with Crippen LogP contribution in [0.3, 0.4) is 0 Å². The van der Waals surface area contributed by atoms with Crippen LogP contribution >= 0.6 is 27.5 Å². The number of alkyl halides is 3. The molecule has 1 amide bonds. The summed E-state index contributed by atoms with van der Waals surface area (Å²) in [5.41, 5.74) is -2.10. The van der Waals surface area contributed by atoms with Crippen molar-refractivity contribution < 1.29 is 27.1 Å². The summed E-state index contributed by atoms with van der Waals surface area (Å²) in [4.78, 5) is 24.0. The predicted molar refractivity (Wildman–Crippen MR) is 119 cm³/mol. The van der Waals surface area contributed by atoms with Gasteiger partial charge in [-0.15, -0.1) is 0 Å². The normalized spacial score (nSPS) is 19.3. The first kappa shape index (κ1) is 24.3. The summed E-state index contributed by atoms with van der Waals surface area (Å²) in [5, 5.41) is -0.342. The quantitative estimate of drug-likeness (QED) is 0.336. The largest absolute Gasteiger partial charge is 0.444 e. The lowest BCUT2D eigenvalue weighted by Crippen LogP contribution is -2.42. The van der Waals surface area contributed by atoms with Crippen LogP contribution < -0.4 is 4.90 Å². The first-order chi connectivity index (χ1) is 15.3. The summed E-state index contributed by atoms with van der Waals surface area (Å²) in [6.07, 6.45) is -3.07. The standard InChI is InChI=1S/C21H22BrClF4N4O2/c1-20(2,3)33-19(32)30-7-6-11(9-30)31(10-4-5-10)17-12-8-13(21(25,26)27)14(22)15(24)16(12)28-18(23)29-17/h8,10-11H,4-7,9H2,1-3H3/t11-/m1/s1. The second-order valence-electron chi connectivity index (χ2n) is 9.27. The van der Waals surface area contributed by atoms with Gasteiger partial charge >= 0.3 is 12.3 Å². The molecule has 0 unspecified atom stereocenters. The van der Waals surface area contributed by atoms with Crippen LogP contribution in [0.5, 0.6) is 0 Å². The fourth-order valence-corrected chi connectivity index (χ4v) is 4.71. The number of benzene rings is 1. The third kappa shape index (κ3) is 4.99. The molecule has 0 N–H and O–H groups in total. The highest BCUT2D eigenvalue weighted by Crippen LogP contribution is 2.44. The Hall–Kier alpha value is -1.88. The Kier molecular flexibility index (Phi) is 6.18. The number of fused-ring (bicyclic) bond motifs is 1. The molecule has 2 heterocycles. The predicted octanol–water partition coefficient (Wildman–Crippen LogP) is 6.18. The van der Waals surface area contributed by atoms with Crippen molar-refractivity contribution in [3.8, 4) is 0 Å². The van der Waals surface area contributed by atoms with E-state index in [1.54, 1.807) is 25.7 Å². The number of carbonyl (C=O) groups is 1. The number of anilines is 1. The van der Waals surface area contributed by atoms with Crippen LogP contribution in [-0.4, -0.2) is 51.7 Å². The number of aromatic nitrogens is 2. The molecule has 0 spiro atoms. The highest BCUT2D eigenvalue weighted by atomic mass is 79.9. The molecule has 1 aliphatic carbocycles. The van der Waals surface area contributed by atoms with Crippen LogP contribution in [0.15, 0.2) is 10.5 Å². The minimum Gasteiger partial charge on any atom is -0.444 e. The van der Waals surface area contributed by atoms with Crippen LogP contribution in [0.25, 0.3) is 10.9 Å². The van der Waals surface area contributed by atoms with E-state index in [0.29, 0.717) is 19.5 Å². The number of rotatable bonds is 3. The molecule has 6 nitrogen and oxygen atoms in total. The highest BCUT2D eigenvalue weighted by Gasteiger charge is 2.42. The van der Waals surface area contributed by atoms with Crippen molar-refractivity contribution >= 4 is 50.3 Å². The lowest BCUT2D eigenvalue weighted by Gasteiger charge is -2.31. The number of carbonyl (C=O) groups excluding carboxylic acids is 1. The van der Waals surface area contributed by atoms with Gasteiger partial charge in [-0.3, -0.25) is 0 Å². The Bertz CT molecular complexity index is 1100. The minimum atomic E-state index is -4.78. The Morgan fingerprint density at radius 1 is 1.21 bits per heavy atom. The van der Waals surface area contributed by atoms with Crippen molar-refractivity contribution in [3.05, 3.63) is 27.2 Å². The van der Waals surface area contributed by atoms with E-state index in [0.717, 1.165) is 18.9 Å². The zero-order valence-corrected chi connectivity index (χ0v) is 20.5. The van der Waals surface area contributed by atoms with Crippen molar-refractivity contribution in [2.24, 2.45) is 0 Å². The topological polar surface area (TPSA) is 58.6 Å². The molecule has 2 aliphatic rings. The lowest BCUT2D eigenvalue weighted by atomic mass is 10.1. The molecule has 1 saturated heterocycles. The number of hydrogen-bond acceptors (Lipinski definition) is 5. The number of hydrogen-bond donors (Lipinski definition) is 0. The fraction of sp³-hybridized carbons (Fsp3) is 0.571. The van der Waals surface area contributed by atoms with Gasteiger partial charge in [0.25, 0.3) is 0 Å². The van der Waals surface area contributed by atoms with E-state index in [4.69, 9.17) is 16.3 Å². The van der Waals surface area contributed by atoms with E-state index in [-0.39, 0.29) is 34.1 Å². The van der Waals surface area contributed by atoms with Crippen LogP contribution in [0, 0.1) is 5.82 Å². The second-order valence-corrected chi connectivity index (χ2v) is 10.4. The molecule has 2 aromatic rings. The SMILES string of the molecule is CC(C)(C)OC(=O)N1CC[C@@H](N(c2nc(Cl)nc3c(F)c(Br)c(C(F)(F)F)cc23)C2CC2)C1. The van der Waals surface area contributed by atoms with E-state index in [2.05, 4.69) is 25.9 Å². The smallest absolute Gasteiger partial charge is 0.417 e. The van der Waals surface area contributed by atoms with Gasteiger partial charge in [0, 0.05) is 24.5 Å². The maximum atomic E-state index is 14.9. The molecule has 4 rings (SSSR count). The summed E-state index contributed by atoms with van der Waals surface area (Å²) >= 11 is 8.78. The molecule has 2 fully saturated rings. The molecule has 1 aromatic heterocycles. The van der Waals surface area contributed by atoms with Gasteiger partial charge in [-0.25, -0.2) is 14.2 Å². The van der Waals surface area contributed by atoms with Crippen molar-refractivity contribution in [2.75, 3.05) is 18.0 Å².